The SMILES string of the molecule is CCOC(=O)C[C@@H](NC(=O)c1cc2cc(OC)ccc2oc1=O)c1ccc(OC)cc1. The number of amides is 1. The van der Waals surface area contributed by atoms with Gasteiger partial charge < -0.3 is 23.9 Å². The van der Waals surface area contributed by atoms with E-state index in [0.29, 0.717) is 28.0 Å². The molecule has 1 atom stereocenters. The van der Waals surface area contributed by atoms with E-state index in [2.05, 4.69) is 5.32 Å². The van der Waals surface area contributed by atoms with Crippen LogP contribution in [0.1, 0.15) is 35.3 Å². The normalized spacial score (nSPS) is 11.6. The average Bonchev–Trinajstić information content (AvgIpc) is 2.78. The highest BCUT2D eigenvalue weighted by Crippen LogP contribution is 2.23. The van der Waals surface area contributed by atoms with E-state index in [4.69, 9.17) is 18.6 Å². The molecule has 0 saturated heterocycles. The maximum atomic E-state index is 12.9. The van der Waals surface area contributed by atoms with Crippen molar-refractivity contribution in [3.8, 4) is 11.5 Å². The van der Waals surface area contributed by atoms with Crippen molar-refractivity contribution >= 4 is 22.8 Å². The molecule has 0 saturated carbocycles. The Morgan fingerprint density at radius 3 is 2.32 bits per heavy atom. The van der Waals surface area contributed by atoms with Crippen molar-refractivity contribution < 1.29 is 28.2 Å². The van der Waals surface area contributed by atoms with Crippen molar-refractivity contribution in [1.82, 2.24) is 5.32 Å². The van der Waals surface area contributed by atoms with Gasteiger partial charge in [-0.2, -0.15) is 0 Å². The molecule has 1 aromatic heterocycles. The highest BCUT2D eigenvalue weighted by atomic mass is 16.5. The molecule has 0 fully saturated rings. The van der Waals surface area contributed by atoms with E-state index in [0.717, 1.165) is 0 Å². The molecule has 3 rings (SSSR count). The largest absolute Gasteiger partial charge is 0.497 e. The maximum absolute atomic E-state index is 12.9. The van der Waals surface area contributed by atoms with Gasteiger partial charge >= 0.3 is 11.6 Å². The monoisotopic (exact) mass is 425 g/mol. The van der Waals surface area contributed by atoms with Crippen LogP contribution in [0.15, 0.2) is 57.7 Å². The highest BCUT2D eigenvalue weighted by Gasteiger charge is 2.22. The molecule has 0 aliphatic heterocycles. The number of hydrogen-bond donors (Lipinski definition) is 1. The summed E-state index contributed by atoms with van der Waals surface area (Å²) in [5.41, 5.74) is 0.0394. The molecule has 2 aromatic carbocycles. The molecule has 31 heavy (non-hydrogen) atoms. The number of rotatable bonds is 8. The lowest BCUT2D eigenvalue weighted by atomic mass is 10.0. The van der Waals surface area contributed by atoms with E-state index in [1.54, 1.807) is 56.5 Å². The quantitative estimate of drug-likeness (QED) is 0.436. The van der Waals surface area contributed by atoms with Gasteiger partial charge in [0.2, 0.25) is 0 Å². The second-order valence-electron chi connectivity index (χ2n) is 6.66. The van der Waals surface area contributed by atoms with E-state index >= 15 is 0 Å². The summed E-state index contributed by atoms with van der Waals surface area (Å²) in [6, 6.07) is 12.5. The summed E-state index contributed by atoms with van der Waals surface area (Å²) in [6.45, 7) is 1.92. The number of ether oxygens (including phenoxy) is 3. The van der Waals surface area contributed by atoms with Crippen LogP contribution in [0.25, 0.3) is 11.0 Å². The Balaban J connectivity index is 1.92. The first kappa shape index (κ1) is 21.9. The molecule has 0 spiro atoms. The predicted octanol–water partition coefficient (Wildman–Crippen LogP) is 3.23. The zero-order valence-electron chi connectivity index (χ0n) is 17.5. The minimum atomic E-state index is -0.778. The number of hydrogen-bond acceptors (Lipinski definition) is 7. The summed E-state index contributed by atoms with van der Waals surface area (Å²) >= 11 is 0. The van der Waals surface area contributed by atoms with Crippen molar-refractivity contribution in [3.05, 3.63) is 70.1 Å². The molecule has 0 unspecified atom stereocenters. The zero-order chi connectivity index (χ0) is 22.4. The summed E-state index contributed by atoms with van der Waals surface area (Å²) in [5.74, 6) is 0.0581. The van der Waals surface area contributed by atoms with Crippen LogP contribution in [0.4, 0.5) is 0 Å². The smallest absolute Gasteiger partial charge is 0.349 e. The second kappa shape index (κ2) is 9.80. The summed E-state index contributed by atoms with van der Waals surface area (Å²) in [6.07, 6.45) is -0.0986. The van der Waals surface area contributed by atoms with Gasteiger partial charge in [0.25, 0.3) is 5.91 Å². The Hall–Kier alpha value is -3.81. The molecule has 1 N–H and O–H groups in total. The summed E-state index contributed by atoms with van der Waals surface area (Å²) in [5, 5.41) is 3.28. The van der Waals surface area contributed by atoms with Gasteiger partial charge in [-0.05, 0) is 48.9 Å². The minimum Gasteiger partial charge on any atom is -0.497 e. The number of fused-ring (bicyclic) bond motifs is 1. The Morgan fingerprint density at radius 2 is 1.68 bits per heavy atom. The van der Waals surface area contributed by atoms with Gasteiger partial charge in [-0.15, -0.1) is 0 Å². The van der Waals surface area contributed by atoms with Crippen LogP contribution in [0.5, 0.6) is 11.5 Å². The number of carbonyl (C=O) groups is 2. The molecule has 0 radical (unpaired) electrons. The van der Waals surface area contributed by atoms with E-state index in [1.807, 2.05) is 0 Å². The number of carbonyl (C=O) groups excluding carboxylic acids is 2. The third-order valence-corrected chi connectivity index (χ3v) is 4.68. The zero-order valence-corrected chi connectivity index (χ0v) is 17.5. The average molecular weight is 425 g/mol. The summed E-state index contributed by atoms with van der Waals surface area (Å²) in [4.78, 5) is 37.4. The van der Waals surface area contributed by atoms with E-state index in [-0.39, 0.29) is 18.6 Å². The third kappa shape index (κ3) is 5.22. The van der Waals surface area contributed by atoms with E-state index in [1.165, 1.54) is 13.2 Å². The molecule has 0 bridgehead atoms. The van der Waals surface area contributed by atoms with Crippen LogP contribution >= 0.6 is 0 Å². The molecule has 0 aliphatic rings. The van der Waals surface area contributed by atoms with Crippen LogP contribution in [0.2, 0.25) is 0 Å². The third-order valence-electron chi connectivity index (χ3n) is 4.68. The predicted molar refractivity (Wildman–Crippen MR) is 113 cm³/mol. The van der Waals surface area contributed by atoms with Gasteiger partial charge in [0.15, 0.2) is 0 Å². The topological polar surface area (TPSA) is 104 Å². The molecule has 1 heterocycles. The molecular formula is C23H23NO7. The van der Waals surface area contributed by atoms with Crippen molar-refractivity contribution in [2.75, 3.05) is 20.8 Å². The maximum Gasteiger partial charge on any atom is 0.349 e. The van der Waals surface area contributed by atoms with Gasteiger partial charge in [0.1, 0.15) is 22.6 Å². The molecule has 1 amide bonds. The van der Waals surface area contributed by atoms with Crippen molar-refractivity contribution in [2.45, 2.75) is 19.4 Å². The van der Waals surface area contributed by atoms with Crippen molar-refractivity contribution in [2.24, 2.45) is 0 Å². The van der Waals surface area contributed by atoms with Crippen LogP contribution < -0.4 is 20.4 Å². The Kier molecular flexibility index (Phi) is 6.92. The van der Waals surface area contributed by atoms with E-state index in [9.17, 15) is 14.4 Å². The number of esters is 1. The lowest BCUT2D eigenvalue weighted by molar-refractivity contribution is -0.143. The van der Waals surface area contributed by atoms with Crippen molar-refractivity contribution in [1.29, 1.82) is 0 Å². The Morgan fingerprint density at radius 1 is 1.00 bits per heavy atom. The minimum absolute atomic E-state index is 0.0986. The van der Waals surface area contributed by atoms with Gasteiger partial charge in [0.05, 0.1) is 33.3 Å². The highest BCUT2D eigenvalue weighted by molar-refractivity contribution is 5.97. The van der Waals surface area contributed by atoms with Gasteiger partial charge in [-0.1, -0.05) is 12.1 Å². The number of methoxy groups -OCH3 is 2. The van der Waals surface area contributed by atoms with Gasteiger partial charge in [0, 0.05) is 5.39 Å². The fourth-order valence-electron chi connectivity index (χ4n) is 3.10. The molecule has 3 aromatic rings. The first-order valence-electron chi connectivity index (χ1n) is 9.67. The molecule has 162 valence electrons. The number of nitrogens with one attached hydrogen (secondary N) is 1. The second-order valence-corrected chi connectivity index (χ2v) is 6.66. The van der Waals surface area contributed by atoms with Crippen molar-refractivity contribution in [3.63, 3.8) is 0 Å². The first-order chi connectivity index (χ1) is 14.9. The number of benzene rings is 2. The Labute approximate surface area is 178 Å². The molecule has 8 heteroatoms. The van der Waals surface area contributed by atoms with Crippen LogP contribution in [-0.2, 0) is 9.53 Å². The Bertz CT molecular complexity index is 1130. The molecular weight excluding hydrogens is 402 g/mol. The van der Waals surface area contributed by atoms with Gasteiger partial charge in [-0.3, -0.25) is 9.59 Å². The van der Waals surface area contributed by atoms with Gasteiger partial charge in [-0.25, -0.2) is 4.79 Å². The van der Waals surface area contributed by atoms with E-state index < -0.39 is 23.5 Å². The fourth-order valence-corrected chi connectivity index (χ4v) is 3.10. The fraction of sp³-hybridized carbons (Fsp3) is 0.261. The van der Waals surface area contributed by atoms with Crippen LogP contribution in [0, 0.1) is 0 Å². The first-order valence-corrected chi connectivity index (χ1v) is 9.67. The molecule has 8 nitrogen and oxygen atoms in total. The van der Waals surface area contributed by atoms with Crippen LogP contribution in [-0.4, -0.2) is 32.7 Å². The lowest BCUT2D eigenvalue weighted by Crippen LogP contribution is -2.33. The summed E-state index contributed by atoms with van der Waals surface area (Å²) in [7, 11) is 3.06. The lowest BCUT2D eigenvalue weighted by Gasteiger charge is -2.19. The standard InChI is InChI=1S/C23H23NO7/c1-4-30-21(25)13-19(14-5-7-16(28-2)8-6-14)24-22(26)18-12-15-11-17(29-3)9-10-20(15)31-23(18)27/h5-12,19H,4,13H2,1-3H3,(H,24,26)/t19-/m1/s1. The summed E-state index contributed by atoms with van der Waals surface area (Å²) < 4.78 is 20.6. The van der Waals surface area contributed by atoms with Crippen LogP contribution in [0.3, 0.4) is 0 Å². The molecule has 0 aliphatic carbocycles.